The summed E-state index contributed by atoms with van der Waals surface area (Å²) in [4.78, 5) is 12.7. The molecule has 0 aliphatic carbocycles. The molecule has 8 heteroatoms. The molecule has 3 rings (SSSR count). The fourth-order valence-electron chi connectivity index (χ4n) is 2.52. The van der Waals surface area contributed by atoms with Crippen LogP contribution in [0.4, 0.5) is 10.2 Å². The fraction of sp³-hybridized carbons (Fsp3) is 0.278. The highest BCUT2D eigenvalue weighted by atomic mass is 35.5. The van der Waals surface area contributed by atoms with E-state index < -0.39 is 0 Å². The SMILES string of the molecule is CNCc1cc(F)ccc1OCCCNc1ncnc2ccc(Cl)nc12. The Morgan fingerprint density at radius 1 is 1.19 bits per heavy atom. The largest absolute Gasteiger partial charge is 0.493 e. The van der Waals surface area contributed by atoms with Crippen LogP contribution in [0, 0.1) is 5.82 Å². The zero-order valence-corrected chi connectivity index (χ0v) is 15.1. The van der Waals surface area contributed by atoms with Gasteiger partial charge in [0.1, 0.15) is 28.6 Å². The summed E-state index contributed by atoms with van der Waals surface area (Å²) in [7, 11) is 1.81. The van der Waals surface area contributed by atoms with Crippen molar-refractivity contribution in [2.75, 3.05) is 25.5 Å². The summed E-state index contributed by atoms with van der Waals surface area (Å²) < 4.78 is 19.1. The summed E-state index contributed by atoms with van der Waals surface area (Å²) in [6, 6.07) is 8.03. The molecule has 0 amide bonds. The van der Waals surface area contributed by atoms with E-state index in [-0.39, 0.29) is 5.82 Å². The van der Waals surface area contributed by atoms with Crippen LogP contribution in [-0.4, -0.2) is 35.2 Å². The fourth-order valence-corrected chi connectivity index (χ4v) is 2.67. The van der Waals surface area contributed by atoms with Crippen molar-refractivity contribution in [3.63, 3.8) is 0 Å². The lowest BCUT2D eigenvalue weighted by Gasteiger charge is -2.12. The minimum absolute atomic E-state index is 0.272. The van der Waals surface area contributed by atoms with Gasteiger partial charge in [-0.3, -0.25) is 0 Å². The smallest absolute Gasteiger partial charge is 0.156 e. The van der Waals surface area contributed by atoms with Crippen LogP contribution < -0.4 is 15.4 Å². The standard InChI is InChI=1S/C18H19ClFN5O/c1-21-10-12-9-13(20)3-5-15(12)26-8-2-7-22-18-17-14(23-11-24-18)4-6-16(19)25-17/h3-6,9,11,21H,2,7-8,10H2,1H3,(H,22,23,24). The number of fused-ring (bicyclic) bond motifs is 1. The van der Waals surface area contributed by atoms with Gasteiger partial charge in [0.05, 0.1) is 12.1 Å². The molecule has 136 valence electrons. The van der Waals surface area contributed by atoms with Gasteiger partial charge in [0.2, 0.25) is 0 Å². The Morgan fingerprint density at radius 2 is 2.08 bits per heavy atom. The third-order valence-electron chi connectivity index (χ3n) is 3.71. The Morgan fingerprint density at radius 3 is 2.92 bits per heavy atom. The first-order valence-corrected chi connectivity index (χ1v) is 8.62. The number of rotatable bonds is 8. The Hall–Kier alpha value is -2.51. The molecule has 2 aromatic heterocycles. The Labute approximate surface area is 155 Å². The van der Waals surface area contributed by atoms with E-state index in [1.54, 1.807) is 18.2 Å². The lowest BCUT2D eigenvalue weighted by Crippen LogP contribution is -2.11. The zero-order chi connectivity index (χ0) is 18.4. The van der Waals surface area contributed by atoms with Gasteiger partial charge in [-0.05, 0) is 43.8 Å². The van der Waals surface area contributed by atoms with E-state index in [0.717, 1.165) is 17.5 Å². The topological polar surface area (TPSA) is 72.0 Å². The number of anilines is 1. The van der Waals surface area contributed by atoms with Crippen molar-refractivity contribution >= 4 is 28.5 Å². The van der Waals surface area contributed by atoms with E-state index in [4.69, 9.17) is 16.3 Å². The maximum atomic E-state index is 13.3. The van der Waals surface area contributed by atoms with Crippen molar-refractivity contribution in [1.82, 2.24) is 20.3 Å². The molecule has 0 bridgehead atoms. The molecule has 0 unspecified atom stereocenters. The number of aromatic nitrogens is 3. The van der Waals surface area contributed by atoms with Crippen LogP contribution in [0.2, 0.25) is 5.15 Å². The summed E-state index contributed by atoms with van der Waals surface area (Å²) in [5.74, 6) is 1.04. The lowest BCUT2D eigenvalue weighted by molar-refractivity contribution is 0.310. The molecule has 0 spiro atoms. The molecule has 0 radical (unpaired) electrons. The summed E-state index contributed by atoms with van der Waals surface area (Å²) >= 11 is 5.95. The van der Waals surface area contributed by atoms with Gasteiger partial charge in [-0.1, -0.05) is 11.6 Å². The summed E-state index contributed by atoms with van der Waals surface area (Å²) in [5.41, 5.74) is 2.16. The number of hydrogen-bond acceptors (Lipinski definition) is 6. The van der Waals surface area contributed by atoms with E-state index in [9.17, 15) is 4.39 Å². The van der Waals surface area contributed by atoms with Crippen LogP contribution in [0.3, 0.4) is 0 Å². The van der Waals surface area contributed by atoms with Gasteiger partial charge in [-0.2, -0.15) is 0 Å². The predicted molar refractivity (Wildman–Crippen MR) is 100 cm³/mol. The van der Waals surface area contributed by atoms with Gasteiger partial charge in [-0.15, -0.1) is 0 Å². The van der Waals surface area contributed by atoms with Gasteiger partial charge in [0.15, 0.2) is 5.82 Å². The van der Waals surface area contributed by atoms with Gasteiger partial charge < -0.3 is 15.4 Å². The average molecular weight is 376 g/mol. The van der Waals surface area contributed by atoms with Gasteiger partial charge in [0, 0.05) is 18.7 Å². The molecule has 1 aromatic carbocycles. The second-order valence-electron chi connectivity index (χ2n) is 5.64. The van der Waals surface area contributed by atoms with Crippen molar-refractivity contribution in [3.8, 4) is 5.75 Å². The van der Waals surface area contributed by atoms with Crippen molar-refractivity contribution in [2.45, 2.75) is 13.0 Å². The minimum atomic E-state index is -0.272. The molecule has 0 aliphatic heterocycles. The number of pyridine rings is 1. The van der Waals surface area contributed by atoms with Crippen LogP contribution in [0.1, 0.15) is 12.0 Å². The van der Waals surface area contributed by atoms with E-state index in [0.29, 0.717) is 41.9 Å². The first kappa shape index (κ1) is 18.3. The molecule has 0 saturated carbocycles. The molecule has 2 N–H and O–H groups in total. The van der Waals surface area contributed by atoms with Crippen LogP contribution in [0.25, 0.3) is 11.0 Å². The third kappa shape index (κ3) is 4.56. The minimum Gasteiger partial charge on any atom is -0.493 e. The van der Waals surface area contributed by atoms with Crippen LogP contribution >= 0.6 is 11.6 Å². The highest BCUT2D eigenvalue weighted by Crippen LogP contribution is 2.21. The maximum absolute atomic E-state index is 13.3. The molecule has 26 heavy (non-hydrogen) atoms. The summed E-state index contributed by atoms with van der Waals surface area (Å²) in [6.07, 6.45) is 2.22. The molecule has 0 fully saturated rings. The van der Waals surface area contributed by atoms with Crippen LogP contribution in [0.15, 0.2) is 36.7 Å². The second kappa shape index (κ2) is 8.73. The molecule has 0 saturated heterocycles. The van der Waals surface area contributed by atoms with Gasteiger partial charge in [-0.25, -0.2) is 19.3 Å². The average Bonchev–Trinajstić information content (AvgIpc) is 2.63. The van der Waals surface area contributed by atoms with E-state index >= 15 is 0 Å². The zero-order valence-electron chi connectivity index (χ0n) is 14.3. The van der Waals surface area contributed by atoms with E-state index in [1.807, 2.05) is 7.05 Å². The van der Waals surface area contributed by atoms with E-state index in [1.165, 1.54) is 18.5 Å². The first-order valence-electron chi connectivity index (χ1n) is 8.24. The number of benzene rings is 1. The molecule has 3 aromatic rings. The molecule has 0 aliphatic rings. The number of halogens is 2. The molecule has 0 atom stereocenters. The highest BCUT2D eigenvalue weighted by molar-refractivity contribution is 6.29. The predicted octanol–water partition coefficient (Wildman–Crippen LogP) is 3.42. The molecule has 6 nitrogen and oxygen atoms in total. The highest BCUT2D eigenvalue weighted by Gasteiger charge is 2.07. The number of nitrogens with zero attached hydrogens (tertiary/aromatic N) is 3. The number of nitrogens with one attached hydrogen (secondary N) is 2. The van der Waals surface area contributed by atoms with Crippen molar-refractivity contribution < 1.29 is 9.13 Å². The van der Waals surface area contributed by atoms with Gasteiger partial charge >= 0.3 is 0 Å². The van der Waals surface area contributed by atoms with Crippen molar-refractivity contribution in [3.05, 3.63) is 53.2 Å². The molecular formula is C18H19ClFN5O. The van der Waals surface area contributed by atoms with E-state index in [2.05, 4.69) is 25.6 Å². The summed E-state index contributed by atoms with van der Waals surface area (Å²) in [5, 5.41) is 6.63. The Kier molecular flexibility index (Phi) is 6.14. The Balaban J connectivity index is 1.55. The lowest BCUT2D eigenvalue weighted by atomic mass is 10.2. The summed E-state index contributed by atoms with van der Waals surface area (Å²) in [6.45, 7) is 1.68. The van der Waals surface area contributed by atoms with Crippen molar-refractivity contribution in [1.29, 1.82) is 0 Å². The van der Waals surface area contributed by atoms with Crippen LogP contribution in [0.5, 0.6) is 5.75 Å². The number of ether oxygens (including phenoxy) is 1. The first-order chi connectivity index (χ1) is 12.7. The monoisotopic (exact) mass is 375 g/mol. The second-order valence-corrected chi connectivity index (χ2v) is 6.02. The van der Waals surface area contributed by atoms with Crippen molar-refractivity contribution in [2.24, 2.45) is 0 Å². The normalized spacial score (nSPS) is 10.9. The van der Waals surface area contributed by atoms with Crippen LogP contribution in [-0.2, 0) is 6.54 Å². The van der Waals surface area contributed by atoms with Gasteiger partial charge in [0.25, 0.3) is 0 Å². The number of hydrogen-bond donors (Lipinski definition) is 2. The molecule has 2 heterocycles. The molecular weight excluding hydrogens is 357 g/mol. The Bertz CT molecular complexity index is 893. The third-order valence-corrected chi connectivity index (χ3v) is 3.92. The quantitative estimate of drug-likeness (QED) is 0.464. The maximum Gasteiger partial charge on any atom is 0.156 e.